The molecule has 2 rings (SSSR count). The maximum atomic E-state index is 12.7. The zero-order chi connectivity index (χ0) is 20.0. The molecule has 0 aliphatic rings. The molecular formula is C18H21Cl2N3O4. The number of carbonyl (C=O) groups excluding carboxylic acids is 2. The summed E-state index contributed by atoms with van der Waals surface area (Å²) in [6, 6.07) is 4.61. The van der Waals surface area contributed by atoms with E-state index in [1.807, 2.05) is 0 Å². The van der Waals surface area contributed by atoms with E-state index in [1.54, 1.807) is 18.2 Å². The van der Waals surface area contributed by atoms with Crippen molar-refractivity contribution < 1.29 is 18.7 Å². The first-order chi connectivity index (χ1) is 12.8. The van der Waals surface area contributed by atoms with E-state index in [1.165, 1.54) is 18.3 Å². The SMILES string of the molecule is COC(=O)c1coc(CN(CCC(C)C)C(=O)Nc2cccc(Cl)c2Cl)n1. The van der Waals surface area contributed by atoms with Crippen LogP contribution in [0.2, 0.25) is 10.0 Å². The topological polar surface area (TPSA) is 84.7 Å². The van der Waals surface area contributed by atoms with Crippen molar-refractivity contribution >= 4 is 40.9 Å². The third-order valence-electron chi connectivity index (χ3n) is 3.73. The lowest BCUT2D eigenvalue weighted by atomic mass is 10.1. The number of esters is 1. The van der Waals surface area contributed by atoms with Crippen LogP contribution in [-0.4, -0.2) is 35.5 Å². The number of carbonyl (C=O) groups is 2. The number of methoxy groups -OCH3 is 1. The Kier molecular flexibility index (Phi) is 7.50. The molecule has 2 aromatic rings. The predicted octanol–water partition coefficient (Wildman–Crippen LogP) is 4.85. The van der Waals surface area contributed by atoms with E-state index in [2.05, 4.69) is 28.9 Å². The molecule has 1 N–H and O–H groups in total. The molecule has 0 spiro atoms. The maximum Gasteiger partial charge on any atom is 0.360 e. The normalized spacial score (nSPS) is 10.7. The standard InChI is InChI=1S/C18H21Cl2N3O4/c1-11(2)7-8-23(9-15-21-14(10-27-15)17(24)26-3)18(25)22-13-6-4-5-12(19)16(13)20/h4-6,10-11H,7-9H2,1-3H3,(H,22,25). The predicted molar refractivity (Wildman–Crippen MR) is 103 cm³/mol. The molecule has 9 heteroatoms. The largest absolute Gasteiger partial charge is 0.464 e. The summed E-state index contributed by atoms with van der Waals surface area (Å²) in [6.07, 6.45) is 1.98. The Morgan fingerprint density at radius 1 is 1.33 bits per heavy atom. The fourth-order valence-electron chi connectivity index (χ4n) is 2.21. The first kappa shape index (κ1) is 21.1. The molecule has 27 heavy (non-hydrogen) atoms. The summed E-state index contributed by atoms with van der Waals surface area (Å²) in [5, 5.41) is 3.36. The van der Waals surface area contributed by atoms with Crippen molar-refractivity contribution in [2.24, 2.45) is 5.92 Å². The van der Waals surface area contributed by atoms with Crippen LogP contribution in [0.3, 0.4) is 0 Å². The quantitative estimate of drug-likeness (QED) is 0.655. The molecule has 0 fully saturated rings. The van der Waals surface area contributed by atoms with E-state index < -0.39 is 5.97 Å². The third kappa shape index (κ3) is 5.87. The molecule has 1 aromatic heterocycles. The van der Waals surface area contributed by atoms with Gasteiger partial charge in [-0.2, -0.15) is 0 Å². The second-order valence-corrected chi connectivity index (χ2v) is 7.04. The van der Waals surface area contributed by atoms with Crippen LogP contribution in [0.5, 0.6) is 0 Å². The minimum Gasteiger partial charge on any atom is -0.464 e. The number of hydrogen-bond donors (Lipinski definition) is 1. The van der Waals surface area contributed by atoms with Gasteiger partial charge in [-0.05, 0) is 24.5 Å². The summed E-state index contributed by atoms with van der Waals surface area (Å²) in [5.41, 5.74) is 0.459. The molecule has 1 aromatic carbocycles. The van der Waals surface area contributed by atoms with E-state index in [-0.39, 0.29) is 29.2 Å². The second-order valence-electron chi connectivity index (χ2n) is 6.25. The van der Waals surface area contributed by atoms with Gasteiger partial charge in [-0.15, -0.1) is 0 Å². The monoisotopic (exact) mass is 413 g/mol. The minimum atomic E-state index is -0.603. The molecule has 0 unspecified atom stereocenters. The first-order valence-corrected chi connectivity index (χ1v) is 9.10. The smallest absolute Gasteiger partial charge is 0.360 e. The molecule has 0 atom stereocenters. The van der Waals surface area contributed by atoms with E-state index in [9.17, 15) is 9.59 Å². The number of nitrogens with one attached hydrogen (secondary N) is 1. The maximum absolute atomic E-state index is 12.7. The Hall–Kier alpha value is -2.25. The lowest BCUT2D eigenvalue weighted by Gasteiger charge is -2.23. The van der Waals surface area contributed by atoms with Gasteiger partial charge in [0.05, 0.1) is 29.4 Å². The Balaban J connectivity index is 2.15. The molecule has 7 nitrogen and oxygen atoms in total. The molecule has 2 amide bonds. The van der Waals surface area contributed by atoms with Crippen LogP contribution < -0.4 is 5.32 Å². The van der Waals surface area contributed by atoms with Gasteiger partial charge in [0.15, 0.2) is 5.69 Å². The van der Waals surface area contributed by atoms with E-state index in [4.69, 9.17) is 27.6 Å². The Labute approximate surface area is 167 Å². The number of hydrogen-bond acceptors (Lipinski definition) is 5. The van der Waals surface area contributed by atoms with Gasteiger partial charge in [0, 0.05) is 6.54 Å². The summed E-state index contributed by atoms with van der Waals surface area (Å²) in [6.45, 7) is 4.68. The van der Waals surface area contributed by atoms with E-state index >= 15 is 0 Å². The number of aromatic nitrogens is 1. The van der Waals surface area contributed by atoms with Gasteiger partial charge in [-0.1, -0.05) is 43.1 Å². The van der Waals surface area contributed by atoms with Crippen LogP contribution in [0.25, 0.3) is 0 Å². The molecule has 0 aliphatic heterocycles. The third-order valence-corrected chi connectivity index (χ3v) is 4.55. The van der Waals surface area contributed by atoms with Gasteiger partial charge in [0.2, 0.25) is 5.89 Å². The number of nitrogens with zero attached hydrogens (tertiary/aromatic N) is 2. The Morgan fingerprint density at radius 3 is 2.74 bits per heavy atom. The van der Waals surface area contributed by atoms with Crippen molar-refractivity contribution in [3.8, 4) is 0 Å². The zero-order valence-electron chi connectivity index (χ0n) is 15.3. The number of benzene rings is 1. The Bertz CT molecular complexity index is 808. The van der Waals surface area contributed by atoms with Crippen LogP contribution in [0.4, 0.5) is 10.5 Å². The van der Waals surface area contributed by atoms with Gasteiger partial charge >= 0.3 is 12.0 Å². The fraction of sp³-hybridized carbons (Fsp3) is 0.389. The molecule has 0 radical (unpaired) electrons. The van der Waals surface area contributed by atoms with Crippen molar-refractivity contribution in [1.82, 2.24) is 9.88 Å². The fourth-order valence-corrected chi connectivity index (χ4v) is 2.55. The summed E-state index contributed by atoms with van der Waals surface area (Å²) < 4.78 is 9.89. The summed E-state index contributed by atoms with van der Waals surface area (Å²) in [5.74, 6) is 0.0191. The molecule has 0 saturated heterocycles. The highest BCUT2D eigenvalue weighted by Crippen LogP contribution is 2.29. The molecule has 1 heterocycles. The van der Waals surface area contributed by atoms with Gasteiger partial charge in [-0.3, -0.25) is 0 Å². The molecule has 0 aliphatic carbocycles. The number of anilines is 1. The van der Waals surface area contributed by atoms with E-state index in [0.29, 0.717) is 23.2 Å². The highest BCUT2D eigenvalue weighted by molar-refractivity contribution is 6.43. The van der Waals surface area contributed by atoms with Crippen LogP contribution in [0, 0.1) is 5.92 Å². The van der Waals surface area contributed by atoms with Gasteiger partial charge < -0.3 is 19.4 Å². The average Bonchev–Trinajstić information content (AvgIpc) is 3.10. The average molecular weight is 414 g/mol. The van der Waals surface area contributed by atoms with Gasteiger partial charge in [0.1, 0.15) is 6.26 Å². The highest BCUT2D eigenvalue weighted by atomic mass is 35.5. The number of urea groups is 1. The molecular weight excluding hydrogens is 393 g/mol. The number of ether oxygens (including phenoxy) is 1. The number of rotatable bonds is 7. The summed E-state index contributed by atoms with van der Waals surface area (Å²) >= 11 is 12.1. The van der Waals surface area contributed by atoms with Crippen molar-refractivity contribution in [3.05, 3.63) is 46.1 Å². The molecule has 0 saturated carbocycles. The van der Waals surface area contributed by atoms with Gasteiger partial charge in [-0.25, -0.2) is 14.6 Å². The highest BCUT2D eigenvalue weighted by Gasteiger charge is 2.20. The van der Waals surface area contributed by atoms with Crippen molar-refractivity contribution in [1.29, 1.82) is 0 Å². The summed E-state index contributed by atoms with van der Waals surface area (Å²) in [7, 11) is 1.26. The van der Waals surface area contributed by atoms with Crippen LogP contribution in [0.15, 0.2) is 28.9 Å². The number of amides is 2. The second kappa shape index (κ2) is 9.62. The minimum absolute atomic E-state index is 0.0506. The first-order valence-electron chi connectivity index (χ1n) is 8.34. The van der Waals surface area contributed by atoms with Crippen LogP contribution in [-0.2, 0) is 11.3 Å². The van der Waals surface area contributed by atoms with Crippen molar-refractivity contribution in [2.75, 3.05) is 19.0 Å². The van der Waals surface area contributed by atoms with E-state index in [0.717, 1.165) is 6.42 Å². The zero-order valence-corrected chi connectivity index (χ0v) is 16.8. The van der Waals surface area contributed by atoms with Gasteiger partial charge in [0.25, 0.3) is 0 Å². The van der Waals surface area contributed by atoms with Crippen molar-refractivity contribution in [3.63, 3.8) is 0 Å². The summed E-state index contributed by atoms with van der Waals surface area (Å²) in [4.78, 5) is 29.8. The number of oxazole rings is 1. The Morgan fingerprint density at radius 2 is 2.07 bits per heavy atom. The lowest BCUT2D eigenvalue weighted by Crippen LogP contribution is -2.36. The lowest BCUT2D eigenvalue weighted by molar-refractivity contribution is 0.0594. The van der Waals surface area contributed by atoms with Crippen LogP contribution >= 0.6 is 23.2 Å². The molecule has 0 bridgehead atoms. The molecule has 146 valence electrons. The van der Waals surface area contributed by atoms with Crippen molar-refractivity contribution in [2.45, 2.75) is 26.8 Å². The van der Waals surface area contributed by atoms with Crippen LogP contribution in [0.1, 0.15) is 36.6 Å². The number of halogens is 2.